The van der Waals surface area contributed by atoms with Crippen LogP contribution in [0.1, 0.15) is 16.4 Å². The summed E-state index contributed by atoms with van der Waals surface area (Å²) in [4.78, 5) is 28.5. The van der Waals surface area contributed by atoms with E-state index in [9.17, 15) is 9.18 Å². The van der Waals surface area contributed by atoms with E-state index in [1.165, 1.54) is 23.5 Å². The molecule has 0 bridgehead atoms. The highest BCUT2D eigenvalue weighted by atomic mass is 32.1. The van der Waals surface area contributed by atoms with Gasteiger partial charge in [0.05, 0.1) is 10.4 Å². The van der Waals surface area contributed by atoms with Crippen molar-refractivity contribution in [2.24, 2.45) is 0 Å². The van der Waals surface area contributed by atoms with Crippen molar-refractivity contribution in [1.82, 2.24) is 19.9 Å². The number of pyridine rings is 1. The fourth-order valence-electron chi connectivity index (χ4n) is 2.70. The lowest BCUT2D eigenvalue weighted by molar-refractivity contribution is 0.295. The number of nitrogens with one attached hydrogen (secondary N) is 1. The summed E-state index contributed by atoms with van der Waals surface area (Å²) < 4.78 is 19.0. The molecular formula is C19H15FN4O2S. The topological polar surface area (TPSA) is 80.8 Å². The highest BCUT2D eigenvalue weighted by Gasteiger charge is 2.13. The third-order valence-corrected chi connectivity index (χ3v) is 4.81. The average molecular weight is 382 g/mol. The van der Waals surface area contributed by atoms with Gasteiger partial charge in [-0.1, -0.05) is 0 Å². The van der Waals surface area contributed by atoms with Crippen LogP contribution in [-0.2, 0) is 6.61 Å². The van der Waals surface area contributed by atoms with Crippen molar-refractivity contribution >= 4 is 22.2 Å². The lowest BCUT2D eigenvalue weighted by Crippen LogP contribution is -2.14. The quantitative estimate of drug-likeness (QED) is 0.581. The van der Waals surface area contributed by atoms with Crippen LogP contribution in [0.15, 0.2) is 40.6 Å². The minimum Gasteiger partial charge on any atom is -0.486 e. The standard InChI is InChI=1S/C19H15FN4O2S/c1-10-7-12(3-4-14(10)20)26-8-16-23-17-13(19(25)24-16)5-6-21-18(17)15-9-27-11(2)22-15/h3-7,9H,8H2,1-2H3,(H,23,24,25). The second-order valence-electron chi connectivity index (χ2n) is 6.02. The van der Waals surface area contributed by atoms with E-state index < -0.39 is 0 Å². The molecule has 0 aliphatic rings. The van der Waals surface area contributed by atoms with Gasteiger partial charge in [0, 0.05) is 11.6 Å². The van der Waals surface area contributed by atoms with Gasteiger partial charge in [-0.3, -0.25) is 9.78 Å². The van der Waals surface area contributed by atoms with Crippen LogP contribution in [0.2, 0.25) is 0 Å². The number of hydrogen-bond acceptors (Lipinski definition) is 6. The summed E-state index contributed by atoms with van der Waals surface area (Å²) in [7, 11) is 0. The SMILES string of the molecule is Cc1nc(-c2nccc3c(=O)[nH]c(COc4ccc(F)c(C)c4)nc23)cs1. The number of ether oxygens (including phenoxy) is 1. The number of benzene rings is 1. The molecule has 0 amide bonds. The first-order chi connectivity index (χ1) is 13.0. The van der Waals surface area contributed by atoms with Gasteiger partial charge in [-0.15, -0.1) is 11.3 Å². The van der Waals surface area contributed by atoms with Crippen molar-refractivity contribution in [2.75, 3.05) is 0 Å². The summed E-state index contributed by atoms with van der Waals surface area (Å²) in [5.74, 6) is 0.558. The van der Waals surface area contributed by atoms with Crippen molar-refractivity contribution in [3.63, 3.8) is 0 Å². The number of nitrogens with zero attached hydrogens (tertiary/aromatic N) is 3. The first-order valence-electron chi connectivity index (χ1n) is 8.20. The van der Waals surface area contributed by atoms with Crippen LogP contribution in [0.5, 0.6) is 5.75 Å². The molecule has 27 heavy (non-hydrogen) atoms. The number of fused-ring (bicyclic) bond motifs is 1. The minimum atomic E-state index is -0.297. The lowest BCUT2D eigenvalue weighted by Gasteiger charge is -2.08. The van der Waals surface area contributed by atoms with Crippen molar-refractivity contribution in [3.8, 4) is 17.1 Å². The first-order valence-corrected chi connectivity index (χ1v) is 9.08. The van der Waals surface area contributed by atoms with E-state index in [1.807, 2.05) is 12.3 Å². The van der Waals surface area contributed by atoms with Gasteiger partial charge in [0.1, 0.15) is 40.9 Å². The van der Waals surface area contributed by atoms with Crippen LogP contribution in [0, 0.1) is 19.7 Å². The molecule has 3 aromatic heterocycles. The molecule has 0 spiro atoms. The lowest BCUT2D eigenvalue weighted by atomic mass is 10.2. The van der Waals surface area contributed by atoms with Gasteiger partial charge in [0.2, 0.25) is 0 Å². The van der Waals surface area contributed by atoms with Gasteiger partial charge in [0.25, 0.3) is 5.56 Å². The van der Waals surface area contributed by atoms with Crippen molar-refractivity contribution < 1.29 is 9.13 Å². The monoisotopic (exact) mass is 382 g/mol. The van der Waals surface area contributed by atoms with Crippen LogP contribution in [0.25, 0.3) is 22.3 Å². The van der Waals surface area contributed by atoms with Crippen LogP contribution >= 0.6 is 11.3 Å². The normalized spacial score (nSPS) is 11.1. The van der Waals surface area contributed by atoms with E-state index in [-0.39, 0.29) is 18.0 Å². The van der Waals surface area contributed by atoms with Gasteiger partial charge in [-0.05, 0) is 43.7 Å². The summed E-state index contributed by atoms with van der Waals surface area (Å²) in [5, 5.41) is 3.23. The zero-order valence-electron chi connectivity index (χ0n) is 14.6. The summed E-state index contributed by atoms with van der Waals surface area (Å²) in [5.41, 5.74) is 1.92. The Morgan fingerprint density at radius 3 is 2.81 bits per heavy atom. The summed E-state index contributed by atoms with van der Waals surface area (Å²) in [6.07, 6.45) is 1.57. The Balaban J connectivity index is 1.71. The van der Waals surface area contributed by atoms with Gasteiger partial charge in [-0.2, -0.15) is 0 Å². The third-order valence-electron chi connectivity index (χ3n) is 4.04. The smallest absolute Gasteiger partial charge is 0.258 e. The average Bonchev–Trinajstić information content (AvgIpc) is 3.08. The van der Waals surface area contributed by atoms with E-state index in [1.54, 1.807) is 25.3 Å². The largest absolute Gasteiger partial charge is 0.486 e. The molecule has 4 aromatic rings. The molecule has 1 N–H and O–H groups in total. The van der Waals surface area contributed by atoms with Crippen LogP contribution in [0.3, 0.4) is 0 Å². The van der Waals surface area contributed by atoms with E-state index in [4.69, 9.17) is 4.74 Å². The number of H-pyrrole nitrogens is 1. The Morgan fingerprint density at radius 2 is 2.07 bits per heavy atom. The van der Waals surface area contributed by atoms with E-state index >= 15 is 0 Å². The minimum absolute atomic E-state index is 0.0423. The molecule has 136 valence electrons. The number of thiazole rings is 1. The maximum atomic E-state index is 13.4. The number of rotatable bonds is 4. The van der Waals surface area contributed by atoms with Gasteiger partial charge < -0.3 is 9.72 Å². The summed E-state index contributed by atoms with van der Waals surface area (Å²) in [6, 6.07) is 6.09. The van der Waals surface area contributed by atoms with Crippen molar-refractivity contribution in [2.45, 2.75) is 20.5 Å². The van der Waals surface area contributed by atoms with Crippen molar-refractivity contribution in [3.05, 3.63) is 68.4 Å². The zero-order valence-corrected chi connectivity index (χ0v) is 15.4. The Hall–Kier alpha value is -3.13. The molecule has 4 rings (SSSR count). The Labute approximate surface area is 157 Å². The Morgan fingerprint density at radius 1 is 1.22 bits per heavy atom. The zero-order chi connectivity index (χ0) is 19.0. The number of halogens is 1. The molecule has 0 fully saturated rings. The predicted octanol–water partition coefficient (Wildman–Crippen LogP) is 3.78. The molecule has 3 heterocycles. The molecule has 0 radical (unpaired) electrons. The predicted molar refractivity (Wildman–Crippen MR) is 101 cm³/mol. The summed E-state index contributed by atoms with van der Waals surface area (Å²) in [6.45, 7) is 3.61. The van der Waals surface area contributed by atoms with E-state index in [0.717, 1.165) is 5.01 Å². The molecule has 0 unspecified atom stereocenters. The molecule has 0 aliphatic carbocycles. The van der Waals surface area contributed by atoms with Gasteiger partial charge >= 0.3 is 0 Å². The fourth-order valence-corrected chi connectivity index (χ4v) is 3.30. The number of hydrogen-bond donors (Lipinski definition) is 1. The van der Waals surface area contributed by atoms with Crippen molar-refractivity contribution in [1.29, 1.82) is 0 Å². The Kier molecular flexibility index (Phi) is 4.41. The molecule has 8 heteroatoms. The molecular weight excluding hydrogens is 367 g/mol. The molecule has 0 saturated carbocycles. The number of aromatic amines is 1. The second kappa shape index (κ2) is 6.88. The van der Waals surface area contributed by atoms with Crippen LogP contribution in [0.4, 0.5) is 4.39 Å². The van der Waals surface area contributed by atoms with Gasteiger partial charge in [0.15, 0.2) is 0 Å². The molecule has 0 saturated heterocycles. The van der Waals surface area contributed by atoms with E-state index in [0.29, 0.717) is 39.4 Å². The number of aromatic nitrogens is 4. The third kappa shape index (κ3) is 3.43. The Bertz CT molecular complexity index is 1200. The van der Waals surface area contributed by atoms with Crippen LogP contribution in [-0.4, -0.2) is 19.9 Å². The van der Waals surface area contributed by atoms with Gasteiger partial charge in [-0.25, -0.2) is 14.4 Å². The highest BCUT2D eigenvalue weighted by molar-refractivity contribution is 7.09. The molecule has 6 nitrogen and oxygen atoms in total. The number of aryl methyl sites for hydroxylation is 2. The second-order valence-corrected chi connectivity index (χ2v) is 7.08. The summed E-state index contributed by atoms with van der Waals surface area (Å²) >= 11 is 1.51. The van der Waals surface area contributed by atoms with Crippen LogP contribution < -0.4 is 10.3 Å². The first kappa shape index (κ1) is 17.3. The highest BCUT2D eigenvalue weighted by Crippen LogP contribution is 2.25. The van der Waals surface area contributed by atoms with E-state index in [2.05, 4.69) is 19.9 Å². The molecule has 0 aliphatic heterocycles. The fraction of sp³-hybridized carbons (Fsp3) is 0.158. The maximum absolute atomic E-state index is 13.4. The maximum Gasteiger partial charge on any atom is 0.258 e. The molecule has 1 aromatic carbocycles. The molecule has 0 atom stereocenters.